The quantitative estimate of drug-likeness (QED) is 0.770. The van der Waals surface area contributed by atoms with Crippen LogP contribution in [-0.4, -0.2) is 4.75 Å². The molecule has 1 aromatic rings. The number of hydrogen-bond donors (Lipinski definition) is 0. The molecule has 0 amide bonds. The average Bonchev–Trinajstić information content (AvgIpc) is 3.21. The summed E-state index contributed by atoms with van der Waals surface area (Å²) in [7, 11) is 0. The molecule has 0 N–H and O–H groups in total. The molecule has 1 aromatic carbocycles. The van der Waals surface area contributed by atoms with Gasteiger partial charge in [0.25, 0.3) is 0 Å². The molecule has 0 radical (unpaired) electrons. The predicted octanol–water partition coefficient (Wildman–Crippen LogP) is 4.88. The van der Waals surface area contributed by atoms with E-state index in [1.165, 1.54) is 42.6 Å². The molecule has 1 nitrogen and oxygen atoms in total. The molecule has 0 bridgehead atoms. The third-order valence-electron chi connectivity index (χ3n) is 4.18. The summed E-state index contributed by atoms with van der Waals surface area (Å²) in [6, 6.07) is 11.4. The standard InChI is InChI=1S/C16H19NS/c17-12-16(10-11-16)18-15-8-6-14(7-9-15)13-4-2-1-3-5-13/h6-9,13H,1-5,10-11H2. The van der Waals surface area contributed by atoms with E-state index in [0.29, 0.717) is 0 Å². The smallest absolute Gasteiger partial charge is 0.107 e. The molecule has 2 saturated carbocycles. The average molecular weight is 257 g/mol. The van der Waals surface area contributed by atoms with E-state index in [0.717, 1.165) is 18.8 Å². The summed E-state index contributed by atoms with van der Waals surface area (Å²) in [5.41, 5.74) is 1.50. The Bertz CT molecular complexity index is 447. The van der Waals surface area contributed by atoms with Gasteiger partial charge < -0.3 is 0 Å². The number of rotatable bonds is 3. The molecule has 0 aliphatic heterocycles. The number of nitrogens with zero attached hydrogens (tertiary/aromatic N) is 1. The van der Waals surface area contributed by atoms with Gasteiger partial charge in [-0.05, 0) is 49.3 Å². The van der Waals surface area contributed by atoms with Crippen molar-refractivity contribution in [3.8, 4) is 6.07 Å². The molecular formula is C16H19NS. The third-order valence-corrected chi connectivity index (χ3v) is 5.58. The van der Waals surface area contributed by atoms with E-state index in [9.17, 15) is 0 Å². The number of thioether (sulfide) groups is 1. The second-order valence-electron chi connectivity index (χ2n) is 5.61. The summed E-state index contributed by atoms with van der Waals surface area (Å²) >= 11 is 1.75. The van der Waals surface area contributed by atoms with Crippen LogP contribution in [0.5, 0.6) is 0 Å². The Labute approximate surface area is 114 Å². The van der Waals surface area contributed by atoms with Crippen molar-refractivity contribution >= 4 is 11.8 Å². The molecule has 18 heavy (non-hydrogen) atoms. The van der Waals surface area contributed by atoms with Crippen LogP contribution in [-0.2, 0) is 0 Å². The number of benzene rings is 1. The van der Waals surface area contributed by atoms with Gasteiger partial charge in [-0.2, -0.15) is 5.26 Å². The van der Waals surface area contributed by atoms with Crippen LogP contribution < -0.4 is 0 Å². The predicted molar refractivity (Wildman–Crippen MR) is 75.7 cm³/mol. The number of hydrogen-bond acceptors (Lipinski definition) is 2. The second kappa shape index (κ2) is 4.97. The summed E-state index contributed by atoms with van der Waals surface area (Å²) in [6.45, 7) is 0. The highest BCUT2D eigenvalue weighted by atomic mass is 32.2. The van der Waals surface area contributed by atoms with Crippen molar-refractivity contribution in [1.82, 2.24) is 0 Å². The van der Waals surface area contributed by atoms with Crippen LogP contribution in [0.3, 0.4) is 0 Å². The van der Waals surface area contributed by atoms with Gasteiger partial charge in [-0.1, -0.05) is 31.4 Å². The van der Waals surface area contributed by atoms with E-state index in [2.05, 4.69) is 30.3 Å². The van der Waals surface area contributed by atoms with Crippen molar-refractivity contribution in [3.05, 3.63) is 29.8 Å². The van der Waals surface area contributed by atoms with Gasteiger partial charge in [0.1, 0.15) is 4.75 Å². The van der Waals surface area contributed by atoms with Crippen LogP contribution in [0, 0.1) is 11.3 Å². The Morgan fingerprint density at radius 3 is 2.28 bits per heavy atom. The minimum absolute atomic E-state index is 0.0909. The van der Waals surface area contributed by atoms with Crippen LogP contribution in [0.15, 0.2) is 29.2 Å². The Morgan fingerprint density at radius 1 is 1.06 bits per heavy atom. The first-order chi connectivity index (χ1) is 8.81. The molecule has 0 aromatic heterocycles. The lowest BCUT2D eigenvalue weighted by Crippen LogP contribution is -2.04. The highest BCUT2D eigenvalue weighted by Gasteiger charge is 2.44. The van der Waals surface area contributed by atoms with Gasteiger partial charge in [-0.3, -0.25) is 0 Å². The van der Waals surface area contributed by atoms with Gasteiger partial charge in [0.05, 0.1) is 6.07 Å². The molecule has 2 aliphatic rings. The van der Waals surface area contributed by atoms with Crippen LogP contribution in [0.4, 0.5) is 0 Å². The largest absolute Gasteiger partial charge is 0.197 e. The molecule has 3 rings (SSSR count). The van der Waals surface area contributed by atoms with E-state index in [4.69, 9.17) is 5.26 Å². The van der Waals surface area contributed by atoms with Crippen molar-refractivity contribution in [3.63, 3.8) is 0 Å². The van der Waals surface area contributed by atoms with Crippen molar-refractivity contribution < 1.29 is 0 Å². The zero-order valence-electron chi connectivity index (χ0n) is 10.7. The van der Waals surface area contributed by atoms with Gasteiger partial charge in [-0.25, -0.2) is 0 Å². The lowest BCUT2D eigenvalue weighted by atomic mass is 9.84. The molecule has 2 heteroatoms. The molecular weight excluding hydrogens is 238 g/mol. The van der Waals surface area contributed by atoms with Crippen LogP contribution in [0.25, 0.3) is 0 Å². The molecule has 94 valence electrons. The first kappa shape index (κ1) is 12.1. The van der Waals surface area contributed by atoms with Gasteiger partial charge in [0.15, 0.2) is 0 Å². The molecule has 0 saturated heterocycles. The van der Waals surface area contributed by atoms with Crippen molar-refractivity contribution in [2.24, 2.45) is 0 Å². The van der Waals surface area contributed by atoms with E-state index in [1.807, 2.05) is 0 Å². The van der Waals surface area contributed by atoms with Gasteiger partial charge in [-0.15, -0.1) is 11.8 Å². The minimum Gasteiger partial charge on any atom is -0.197 e. The van der Waals surface area contributed by atoms with Gasteiger partial charge in [0, 0.05) is 4.90 Å². The Kier molecular flexibility index (Phi) is 3.35. The highest BCUT2D eigenvalue weighted by molar-refractivity contribution is 8.01. The first-order valence-electron chi connectivity index (χ1n) is 7.02. The maximum atomic E-state index is 9.11. The summed E-state index contributed by atoms with van der Waals surface area (Å²) < 4.78 is -0.0909. The Balaban J connectivity index is 1.67. The molecule has 0 heterocycles. The number of nitriles is 1. The fourth-order valence-electron chi connectivity index (χ4n) is 2.82. The van der Waals surface area contributed by atoms with Gasteiger partial charge >= 0.3 is 0 Å². The molecule has 0 atom stereocenters. The van der Waals surface area contributed by atoms with E-state index < -0.39 is 0 Å². The maximum Gasteiger partial charge on any atom is 0.107 e. The lowest BCUT2D eigenvalue weighted by Gasteiger charge is -2.22. The Morgan fingerprint density at radius 2 is 1.72 bits per heavy atom. The third kappa shape index (κ3) is 2.57. The minimum atomic E-state index is -0.0909. The fourth-order valence-corrected chi connectivity index (χ4v) is 3.89. The monoisotopic (exact) mass is 257 g/mol. The van der Waals surface area contributed by atoms with Crippen LogP contribution >= 0.6 is 11.8 Å². The summed E-state index contributed by atoms with van der Waals surface area (Å²) in [6.07, 6.45) is 9.01. The van der Waals surface area contributed by atoms with E-state index in [-0.39, 0.29) is 4.75 Å². The van der Waals surface area contributed by atoms with Crippen molar-refractivity contribution in [2.45, 2.75) is 60.5 Å². The fraction of sp³-hybridized carbons (Fsp3) is 0.562. The van der Waals surface area contributed by atoms with Crippen LogP contribution in [0.1, 0.15) is 56.4 Å². The Hall–Kier alpha value is -0.940. The normalized spacial score (nSPS) is 22.4. The van der Waals surface area contributed by atoms with E-state index in [1.54, 1.807) is 11.8 Å². The SMILES string of the molecule is N#CC1(Sc2ccc(C3CCCCC3)cc2)CC1. The second-order valence-corrected chi connectivity index (χ2v) is 7.07. The topological polar surface area (TPSA) is 23.8 Å². The zero-order chi connectivity index (χ0) is 12.4. The molecule has 2 aliphatic carbocycles. The summed E-state index contributed by atoms with van der Waals surface area (Å²) in [5, 5.41) is 9.11. The molecule has 2 fully saturated rings. The van der Waals surface area contributed by atoms with Crippen molar-refractivity contribution in [1.29, 1.82) is 5.26 Å². The first-order valence-corrected chi connectivity index (χ1v) is 7.83. The highest BCUT2D eigenvalue weighted by Crippen LogP contribution is 2.51. The zero-order valence-corrected chi connectivity index (χ0v) is 11.5. The van der Waals surface area contributed by atoms with Crippen molar-refractivity contribution in [2.75, 3.05) is 0 Å². The molecule has 0 spiro atoms. The van der Waals surface area contributed by atoms with E-state index >= 15 is 0 Å². The van der Waals surface area contributed by atoms with Crippen LogP contribution in [0.2, 0.25) is 0 Å². The van der Waals surface area contributed by atoms with Gasteiger partial charge in [0.2, 0.25) is 0 Å². The lowest BCUT2D eigenvalue weighted by molar-refractivity contribution is 0.443. The summed E-state index contributed by atoms with van der Waals surface area (Å²) in [5.74, 6) is 0.781. The molecule has 0 unspecified atom stereocenters. The maximum absolute atomic E-state index is 9.11. The summed E-state index contributed by atoms with van der Waals surface area (Å²) in [4.78, 5) is 1.26.